The van der Waals surface area contributed by atoms with E-state index in [1.165, 1.54) is 4.90 Å². The Bertz CT molecular complexity index is 1260. The molecule has 4 unspecified atom stereocenters. The van der Waals surface area contributed by atoms with Gasteiger partial charge in [-0.2, -0.15) is 0 Å². The number of aryl methyl sites for hydroxylation is 4. The lowest BCUT2D eigenvalue weighted by atomic mass is 9.97. The van der Waals surface area contributed by atoms with Crippen molar-refractivity contribution in [2.45, 2.75) is 92.0 Å². The molecular weight excluding hydrogens is 508 g/mol. The molecule has 0 heterocycles. The Morgan fingerprint density at radius 3 is 2.05 bits per heavy atom. The number of nitrogens with one attached hydrogen (secondary N) is 2. The van der Waals surface area contributed by atoms with Crippen LogP contribution < -0.4 is 16.4 Å². The molecular formula is C31H42N4O5. The Hall–Kier alpha value is -3.88. The van der Waals surface area contributed by atoms with Crippen molar-refractivity contribution in [1.29, 1.82) is 0 Å². The molecule has 3 rings (SSSR count). The van der Waals surface area contributed by atoms with E-state index in [0.717, 1.165) is 22.3 Å². The van der Waals surface area contributed by atoms with Crippen LogP contribution >= 0.6 is 0 Å². The number of carbonyl (C=O) groups excluding carboxylic acids is 4. The minimum Gasteiger partial charge on any atom is -0.444 e. The van der Waals surface area contributed by atoms with Gasteiger partial charge < -0.3 is 26.0 Å². The average Bonchev–Trinajstić information content (AvgIpc) is 3.52. The molecule has 1 aliphatic carbocycles. The summed E-state index contributed by atoms with van der Waals surface area (Å²) in [7, 11) is 0. The Balaban J connectivity index is 2.10. The number of benzene rings is 2. The molecule has 0 spiro atoms. The number of nitrogens with two attached hydrogens (primary N) is 1. The molecule has 2 aromatic carbocycles. The number of para-hydroxylation sites is 1. The lowest BCUT2D eigenvalue weighted by Gasteiger charge is -2.35. The van der Waals surface area contributed by atoms with E-state index >= 15 is 0 Å². The van der Waals surface area contributed by atoms with Crippen LogP contribution in [0.15, 0.2) is 36.4 Å². The molecule has 1 fully saturated rings. The van der Waals surface area contributed by atoms with Crippen molar-refractivity contribution >= 4 is 29.5 Å². The summed E-state index contributed by atoms with van der Waals surface area (Å²) in [5.41, 5.74) is 9.67. The lowest BCUT2D eigenvalue weighted by molar-refractivity contribution is -0.142. The quantitative estimate of drug-likeness (QED) is 0.420. The average molecular weight is 551 g/mol. The summed E-state index contributed by atoms with van der Waals surface area (Å²) in [5.74, 6) is -1.59. The summed E-state index contributed by atoms with van der Waals surface area (Å²) >= 11 is 0. The van der Waals surface area contributed by atoms with Crippen LogP contribution in [0.1, 0.15) is 74.4 Å². The van der Waals surface area contributed by atoms with E-state index in [2.05, 4.69) is 10.6 Å². The predicted octanol–water partition coefficient (Wildman–Crippen LogP) is 4.61. The first kappa shape index (κ1) is 30.7. The van der Waals surface area contributed by atoms with Gasteiger partial charge in [0, 0.05) is 11.7 Å². The molecule has 2 aromatic rings. The van der Waals surface area contributed by atoms with Crippen LogP contribution in [0.4, 0.5) is 10.5 Å². The number of hydrogen-bond donors (Lipinski definition) is 3. The zero-order chi connectivity index (χ0) is 29.9. The van der Waals surface area contributed by atoms with Gasteiger partial charge in [0.2, 0.25) is 11.8 Å². The van der Waals surface area contributed by atoms with Crippen molar-refractivity contribution in [3.63, 3.8) is 0 Å². The van der Waals surface area contributed by atoms with Gasteiger partial charge in [0.1, 0.15) is 17.7 Å². The maximum absolute atomic E-state index is 14.3. The Morgan fingerprint density at radius 1 is 1.02 bits per heavy atom. The highest BCUT2D eigenvalue weighted by atomic mass is 16.6. The molecule has 4 N–H and O–H groups in total. The Labute approximate surface area is 236 Å². The molecule has 0 radical (unpaired) electrons. The molecule has 0 bridgehead atoms. The summed E-state index contributed by atoms with van der Waals surface area (Å²) in [4.78, 5) is 54.6. The molecule has 0 aliphatic heterocycles. The van der Waals surface area contributed by atoms with Crippen molar-refractivity contribution in [3.8, 4) is 0 Å². The topological polar surface area (TPSA) is 131 Å². The van der Waals surface area contributed by atoms with Crippen LogP contribution in [-0.4, -0.2) is 46.4 Å². The summed E-state index contributed by atoms with van der Waals surface area (Å²) in [6, 6.07) is 8.92. The number of ether oxygens (including phenoxy) is 1. The van der Waals surface area contributed by atoms with Crippen LogP contribution in [0.3, 0.4) is 0 Å². The van der Waals surface area contributed by atoms with E-state index in [1.807, 2.05) is 71.0 Å². The molecule has 40 heavy (non-hydrogen) atoms. The number of nitrogens with zero attached hydrogens (tertiary/aromatic N) is 1. The molecule has 9 heteroatoms. The van der Waals surface area contributed by atoms with Gasteiger partial charge in [0.15, 0.2) is 0 Å². The monoisotopic (exact) mass is 550 g/mol. The van der Waals surface area contributed by atoms with Crippen LogP contribution in [0.2, 0.25) is 0 Å². The minimum absolute atomic E-state index is 0.126. The van der Waals surface area contributed by atoms with E-state index in [4.69, 9.17) is 10.5 Å². The number of alkyl carbamates (subject to hydrolysis) is 1. The molecule has 9 nitrogen and oxygen atoms in total. The first-order valence-corrected chi connectivity index (χ1v) is 13.6. The third-order valence-corrected chi connectivity index (χ3v) is 6.89. The number of anilines is 1. The molecule has 1 aliphatic rings. The lowest BCUT2D eigenvalue weighted by Crippen LogP contribution is -2.54. The number of hydrogen-bond acceptors (Lipinski definition) is 5. The molecule has 4 amide bonds. The van der Waals surface area contributed by atoms with Gasteiger partial charge in [-0.1, -0.05) is 54.4 Å². The summed E-state index contributed by atoms with van der Waals surface area (Å²) in [6.07, 6.45) is -0.605. The maximum Gasteiger partial charge on any atom is 0.408 e. The highest BCUT2D eigenvalue weighted by Gasteiger charge is 2.48. The molecule has 4 atom stereocenters. The van der Waals surface area contributed by atoms with E-state index in [-0.39, 0.29) is 17.9 Å². The largest absolute Gasteiger partial charge is 0.444 e. The Kier molecular flexibility index (Phi) is 9.28. The van der Waals surface area contributed by atoms with Gasteiger partial charge in [0.25, 0.3) is 5.91 Å². The third kappa shape index (κ3) is 7.83. The second-order valence-electron chi connectivity index (χ2n) is 12.0. The zero-order valence-electron chi connectivity index (χ0n) is 24.8. The molecule has 0 aromatic heterocycles. The number of primary amides is 1. The second-order valence-corrected chi connectivity index (χ2v) is 12.0. The Morgan fingerprint density at radius 2 is 1.57 bits per heavy atom. The highest BCUT2D eigenvalue weighted by Crippen LogP contribution is 2.41. The van der Waals surface area contributed by atoms with Crippen molar-refractivity contribution < 1.29 is 23.9 Å². The minimum atomic E-state index is -1.30. The van der Waals surface area contributed by atoms with Gasteiger partial charge in [-0.05, 0) is 77.5 Å². The summed E-state index contributed by atoms with van der Waals surface area (Å²) in [6.45, 7) is 14.8. The van der Waals surface area contributed by atoms with Crippen LogP contribution in [0.5, 0.6) is 0 Å². The maximum atomic E-state index is 14.3. The van der Waals surface area contributed by atoms with Crippen LogP contribution in [0, 0.1) is 33.6 Å². The number of carbonyl (C=O) groups is 4. The van der Waals surface area contributed by atoms with Crippen LogP contribution in [-0.2, 0) is 19.1 Å². The molecule has 216 valence electrons. The van der Waals surface area contributed by atoms with Crippen molar-refractivity contribution in [3.05, 3.63) is 64.2 Å². The fourth-order valence-electron chi connectivity index (χ4n) is 5.01. The summed E-state index contributed by atoms with van der Waals surface area (Å²) in [5, 5.41) is 5.60. The van der Waals surface area contributed by atoms with Gasteiger partial charge in [-0.15, -0.1) is 0 Å². The third-order valence-electron chi connectivity index (χ3n) is 6.89. The van der Waals surface area contributed by atoms with E-state index < -0.39 is 42.0 Å². The fourth-order valence-corrected chi connectivity index (χ4v) is 5.01. The number of amides is 4. The van der Waals surface area contributed by atoms with Gasteiger partial charge in [-0.3, -0.25) is 14.4 Å². The van der Waals surface area contributed by atoms with Crippen molar-refractivity contribution in [1.82, 2.24) is 10.2 Å². The molecule has 1 saturated carbocycles. The standard InChI is InChI=1S/C31H42N4O5/c1-17-12-18(2)14-22(13-17)27(28(37)34-26-19(3)10-9-11-20(26)4)35(24-15-21(24)5)29(38)23(16-25(32)36)33-30(39)40-31(6,7)8/h9-14,21,23-24,27H,15-16H2,1-8H3,(H2,32,36)(H,33,39)(H,34,37). The SMILES string of the molecule is Cc1cc(C)cc(C(C(=O)Nc2c(C)cccc2C)N(C(=O)C(CC(N)=O)NC(=O)OC(C)(C)C)C2CC2C)c1. The van der Waals surface area contributed by atoms with Gasteiger partial charge in [0.05, 0.1) is 6.42 Å². The summed E-state index contributed by atoms with van der Waals surface area (Å²) < 4.78 is 5.35. The van der Waals surface area contributed by atoms with E-state index in [0.29, 0.717) is 17.7 Å². The molecule has 0 saturated heterocycles. The highest BCUT2D eigenvalue weighted by molar-refractivity contribution is 6.00. The van der Waals surface area contributed by atoms with E-state index in [1.54, 1.807) is 20.8 Å². The van der Waals surface area contributed by atoms with E-state index in [9.17, 15) is 19.2 Å². The van der Waals surface area contributed by atoms with Crippen molar-refractivity contribution in [2.24, 2.45) is 11.7 Å². The fraction of sp³-hybridized carbons (Fsp3) is 0.484. The second kappa shape index (κ2) is 12.1. The smallest absolute Gasteiger partial charge is 0.408 e. The van der Waals surface area contributed by atoms with Gasteiger partial charge >= 0.3 is 6.09 Å². The number of rotatable bonds is 9. The normalized spacial score (nSPS) is 17.8. The predicted molar refractivity (Wildman–Crippen MR) is 155 cm³/mol. The van der Waals surface area contributed by atoms with Gasteiger partial charge in [-0.25, -0.2) is 4.79 Å². The zero-order valence-corrected chi connectivity index (χ0v) is 24.8. The van der Waals surface area contributed by atoms with Crippen LogP contribution in [0.25, 0.3) is 0 Å². The van der Waals surface area contributed by atoms with Crippen molar-refractivity contribution in [2.75, 3.05) is 5.32 Å². The first-order valence-electron chi connectivity index (χ1n) is 13.6. The first-order chi connectivity index (χ1) is 18.6.